The first-order chi connectivity index (χ1) is 13.1. The molecule has 7 nitrogen and oxygen atoms in total. The Hall–Kier alpha value is -2.67. The van der Waals surface area contributed by atoms with Gasteiger partial charge in [-0.1, -0.05) is 18.2 Å². The number of carbonyl (C=O) groups is 2. The zero-order chi connectivity index (χ0) is 18.8. The van der Waals surface area contributed by atoms with Gasteiger partial charge in [0.05, 0.1) is 5.92 Å². The van der Waals surface area contributed by atoms with Gasteiger partial charge < -0.3 is 15.5 Å². The Morgan fingerprint density at radius 2 is 2.07 bits per heavy atom. The van der Waals surface area contributed by atoms with E-state index in [9.17, 15) is 9.59 Å². The third kappa shape index (κ3) is 3.60. The summed E-state index contributed by atoms with van der Waals surface area (Å²) in [5.41, 5.74) is 3.46. The van der Waals surface area contributed by atoms with Crippen LogP contribution in [0.5, 0.6) is 0 Å². The third-order valence-corrected chi connectivity index (χ3v) is 5.44. The van der Waals surface area contributed by atoms with Gasteiger partial charge in [0, 0.05) is 56.6 Å². The summed E-state index contributed by atoms with van der Waals surface area (Å²) in [4.78, 5) is 27.5. The van der Waals surface area contributed by atoms with Crippen molar-refractivity contribution >= 4 is 17.5 Å². The van der Waals surface area contributed by atoms with Gasteiger partial charge >= 0.3 is 0 Å². The van der Waals surface area contributed by atoms with Gasteiger partial charge in [0.2, 0.25) is 5.91 Å². The lowest BCUT2D eigenvalue weighted by molar-refractivity contribution is -0.121. The highest BCUT2D eigenvalue weighted by molar-refractivity contribution is 5.96. The molecule has 0 aliphatic carbocycles. The number of piperidine rings is 1. The van der Waals surface area contributed by atoms with E-state index in [1.54, 1.807) is 4.90 Å². The monoisotopic (exact) mass is 367 g/mol. The van der Waals surface area contributed by atoms with E-state index in [1.807, 2.05) is 42.1 Å². The fourth-order valence-electron chi connectivity index (χ4n) is 3.98. The molecule has 0 bridgehead atoms. The SMILES string of the molecule is Cn1nc(C(=O)N2CCC[C@@H](C(=O)Nc3ccccc3)C2)c2c1CCNC2. The molecule has 2 aromatic rings. The van der Waals surface area contributed by atoms with Crippen molar-refractivity contribution in [3.05, 3.63) is 47.3 Å². The van der Waals surface area contributed by atoms with Gasteiger partial charge in [-0.2, -0.15) is 5.10 Å². The van der Waals surface area contributed by atoms with E-state index in [2.05, 4.69) is 15.7 Å². The minimum Gasteiger partial charge on any atom is -0.336 e. The summed E-state index contributed by atoms with van der Waals surface area (Å²) in [5, 5.41) is 10.8. The number of hydrogen-bond acceptors (Lipinski definition) is 4. The maximum Gasteiger partial charge on any atom is 0.274 e. The van der Waals surface area contributed by atoms with Crippen LogP contribution in [0.3, 0.4) is 0 Å². The molecule has 0 saturated carbocycles. The van der Waals surface area contributed by atoms with E-state index in [4.69, 9.17) is 0 Å². The van der Waals surface area contributed by atoms with Crippen LogP contribution in [-0.4, -0.2) is 46.1 Å². The standard InChI is InChI=1S/C20H25N5O2/c1-24-17-9-10-21-12-16(17)18(23-24)20(27)25-11-5-6-14(13-25)19(26)22-15-7-3-2-4-8-15/h2-4,7-8,14,21H,5-6,9-13H2,1H3,(H,22,26)/t14-/m1/s1. The number of fused-ring (bicyclic) bond motifs is 1. The number of anilines is 1. The van der Waals surface area contributed by atoms with Gasteiger partial charge in [-0.25, -0.2) is 0 Å². The molecule has 2 aliphatic heterocycles. The Morgan fingerprint density at radius 1 is 1.26 bits per heavy atom. The number of para-hydroxylation sites is 1. The van der Waals surface area contributed by atoms with Crippen LogP contribution in [0.4, 0.5) is 5.69 Å². The third-order valence-electron chi connectivity index (χ3n) is 5.44. The van der Waals surface area contributed by atoms with Crippen LogP contribution in [0.1, 0.15) is 34.6 Å². The highest BCUT2D eigenvalue weighted by atomic mass is 16.2. The van der Waals surface area contributed by atoms with Gasteiger partial charge in [-0.3, -0.25) is 14.3 Å². The molecule has 27 heavy (non-hydrogen) atoms. The van der Waals surface area contributed by atoms with E-state index in [-0.39, 0.29) is 17.7 Å². The number of likely N-dealkylation sites (tertiary alicyclic amines) is 1. The van der Waals surface area contributed by atoms with Crippen molar-refractivity contribution in [2.24, 2.45) is 13.0 Å². The van der Waals surface area contributed by atoms with Gasteiger partial charge in [0.25, 0.3) is 5.91 Å². The highest BCUT2D eigenvalue weighted by Crippen LogP contribution is 2.23. The molecule has 0 unspecified atom stereocenters. The second-order valence-corrected chi connectivity index (χ2v) is 7.27. The molecule has 1 fully saturated rings. The van der Waals surface area contributed by atoms with Crippen LogP contribution < -0.4 is 10.6 Å². The molecule has 4 rings (SSSR count). The van der Waals surface area contributed by atoms with Gasteiger partial charge in [0.15, 0.2) is 5.69 Å². The van der Waals surface area contributed by atoms with Crippen molar-refractivity contribution < 1.29 is 9.59 Å². The van der Waals surface area contributed by atoms with Gasteiger partial charge in [0.1, 0.15) is 0 Å². The van der Waals surface area contributed by atoms with Crippen LogP contribution >= 0.6 is 0 Å². The number of rotatable bonds is 3. The fourth-order valence-corrected chi connectivity index (χ4v) is 3.98. The summed E-state index contributed by atoms with van der Waals surface area (Å²) in [5.74, 6) is -0.281. The second-order valence-electron chi connectivity index (χ2n) is 7.27. The lowest BCUT2D eigenvalue weighted by Gasteiger charge is -2.32. The minimum atomic E-state index is -0.194. The second kappa shape index (κ2) is 7.52. The largest absolute Gasteiger partial charge is 0.336 e. The van der Waals surface area contributed by atoms with Crippen molar-refractivity contribution in [2.75, 3.05) is 25.0 Å². The summed E-state index contributed by atoms with van der Waals surface area (Å²) in [6, 6.07) is 9.45. The average molecular weight is 367 g/mol. The van der Waals surface area contributed by atoms with Gasteiger partial charge in [-0.05, 0) is 25.0 Å². The predicted octanol–water partition coefficient (Wildman–Crippen LogP) is 1.56. The molecule has 1 aromatic carbocycles. The van der Waals surface area contributed by atoms with E-state index in [0.717, 1.165) is 42.8 Å². The van der Waals surface area contributed by atoms with Gasteiger partial charge in [-0.15, -0.1) is 0 Å². The minimum absolute atomic E-state index is 0.0246. The Bertz CT molecular complexity index is 846. The molecule has 1 aromatic heterocycles. The number of carbonyl (C=O) groups excluding carboxylic acids is 2. The van der Waals surface area contributed by atoms with Crippen LogP contribution in [0.25, 0.3) is 0 Å². The van der Waals surface area contributed by atoms with Crippen molar-refractivity contribution in [1.82, 2.24) is 20.0 Å². The number of amides is 2. The normalized spacial score (nSPS) is 19.4. The maximum atomic E-state index is 13.1. The summed E-state index contributed by atoms with van der Waals surface area (Å²) >= 11 is 0. The van der Waals surface area contributed by atoms with Crippen molar-refractivity contribution in [1.29, 1.82) is 0 Å². The molecule has 2 N–H and O–H groups in total. The molecule has 1 atom stereocenters. The van der Waals surface area contributed by atoms with E-state index in [1.165, 1.54) is 0 Å². The molecule has 0 spiro atoms. The molecule has 7 heteroatoms. The summed E-state index contributed by atoms with van der Waals surface area (Å²) in [6.45, 7) is 2.70. The van der Waals surface area contributed by atoms with Crippen molar-refractivity contribution in [3.63, 3.8) is 0 Å². The quantitative estimate of drug-likeness (QED) is 0.863. The lowest BCUT2D eigenvalue weighted by Crippen LogP contribution is -2.44. The number of aryl methyl sites for hydroxylation is 1. The number of hydrogen-bond donors (Lipinski definition) is 2. The Kier molecular flexibility index (Phi) is 4.94. The number of benzene rings is 1. The summed E-state index contributed by atoms with van der Waals surface area (Å²) in [6.07, 6.45) is 2.50. The first kappa shape index (κ1) is 17.7. The zero-order valence-electron chi connectivity index (χ0n) is 15.6. The Balaban J connectivity index is 1.47. The molecule has 2 amide bonds. The van der Waals surface area contributed by atoms with Crippen LogP contribution in [-0.2, 0) is 24.8 Å². The maximum absolute atomic E-state index is 13.1. The van der Waals surface area contributed by atoms with E-state index in [0.29, 0.717) is 25.3 Å². The fraction of sp³-hybridized carbons (Fsp3) is 0.450. The molecular formula is C20H25N5O2. The zero-order valence-corrected chi connectivity index (χ0v) is 15.6. The first-order valence-electron chi connectivity index (χ1n) is 9.54. The van der Waals surface area contributed by atoms with Crippen molar-refractivity contribution in [2.45, 2.75) is 25.8 Å². The number of nitrogens with zero attached hydrogens (tertiary/aromatic N) is 3. The highest BCUT2D eigenvalue weighted by Gasteiger charge is 2.32. The topological polar surface area (TPSA) is 79.3 Å². The van der Waals surface area contributed by atoms with E-state index >= 15 is 0 Å². The van der Waals surface area contributed by atoms with Crippen LogP contribution in [0, 0.1) is 5.92 Å². The van der Waals surface area contributed by atoms with E-state index < -0.39 is 0 Å². The predicted molar refractivity (Wildman–Crippen MR) is 102 cm³/mol. The molecule has 142 valence electrons. The summed E-state index contributed by atoms with van der Waals surface area (Å²) in [7, 11) is 1.90. The van der Waals surface area contributed by atoms with Crippen LogP contribution in [0.15, 0.2) is 30.3 Å². The Morgan fingerprint density at radius 3 is 2.89 bits per heavy atom. The summed E-state index contributed by atoms with van der Waals surface area (Å²) < 4.78 is 1.83. The first-order valence-corrected chi connectivity index (χ1v) is 9.54. The number of aromatic nitrogens is 2. The molecule has 0 radical (unpaired) electrons. The number of nitrogens with one attached hydrogen (secondary N) is 2. The Labute approximate surface area is 158 Å². The molecule has 3 heterocycles. The smallest absolute Gasteiger partial charge is 0.274 e. The average Bonchev–Trinajstić information content (AvgIpc) is 3.05. The molecule has 2 aliphatic rings. The van der Waals surface area contributed by atoms with Crippen molar-refractivity contribution in [3.8, 4) is 0 Å². The molecular weight excluding hydrogens is 342 g/mol. The lowest BCUT2D eigenvalue weighted by atomic mass is 9.96. The van der Waals surface area contributed by atoms with Crippen LogP contribution in [0.2, 0.25) is 0 Å². The molecule has 1 saturated heterocycles.